The van der Waals surface area contributed by atoms with Crippen LogP contribution in [0.3, 0.4) is 0 Å². The smallest absolute Gasteiger partial charge is 0.467 e. The van der Waals surface area contributed by atoms with Crippen molar-refractivity contribution >= 4 is 29.0 Å². The van der Waals surface area contributed by atoms with Crippen molar-refractivity contribution in [2.75, 3.05) is 13.9 Å². The van der Waals surface area contributed by atoms with Gasteiger partial charge < -0.3 is 13.7 Å². The van der Waals surface area contributed by atoms with Crippen molar-refractivity contribution in [3.05, 3.63) is 35.4 Å². The molecule has 0 aliphatic rings. The monoisotopic (exact) mass is 530 g/mol. The molecular weight excluding hydrogens is 497 g/mol. The average Bonchev–Trinajstić information content (AvgIpc) is 2.73. The zero-order valence-electron chi connectivity index (χ0n) is 21.3. The van der Waals surface area contributed by atoms with Crippen LogP contribution >= 0.6 is 0 Å². The average molecular weight is 531 g/mol. The summed E-state index contributed by atoms with van der Waals surface area (Å²) in [7, 11) is -6.71. The number of hydrogen-bond acceptors (Lipinski definition) is 5. The molecule has 35 heavy (non-hydrogen) atoms. The number of halogens is 3. The highest BCUT2D eigenvalue weighted by molar-refractivity contribution is 7.88. The van der Waals surface area contributed by atoms with E-state index in [9.17, 15) is 21.6 Å². The topological polar surface area (TPSA) is 61.8 Å². The molecule has 0 heterocycles. The van der Waals surface area contributed by atoms with Gasteiger partial charge >= 0.3 is 15.6 Å². The molecular formula is C25H33F3O5SSi. The molecule has 10 heteroatoms. The van der Waals surface area contributed by atoms with E-state index in [1.165, 1.54) is 14.0 Å². The molecule has 0 N–H and O–H groups in total. The predicted molar refractivity (Wildman–Crippen MR) is 135 cm³/mol. The third-order valence-corrected chi connectivity index (χ3v) is 13.7. The maximum atomic E-state index is 13.2. The van der Waals surface area contributed by atoms with Crippen LogP contribution in [0.2, 0.25) is 16.6 Å². The third-order valence-electron chi connectivity index (χ3n) is 6.41. The Balaban J connectivity index is 2.91. The number of rotatable bonds is 8. The third kappa shape index (κ3) is 5.79. The molecule has 0 saturated carbocycles. The lowest BCUT2D eigenvalue weighted by Crippen LogP contribution is -2.43. The molecule has 194 valence electrons. The fourth-order valence-electron chi connectivity index (χ4n) is 4.74. The van der Waals surface area contributed by atoms with E-state index in [2.05, 4.69) is 53.0 Å². The van der Waals surface area contributed by atoms with Crippen LogP contribution in [-0.4, -0.2) is 35.9 Å². The number of methoxy groups -OCH3 is 1. The second kappa shape index (κ2) is 10.8. The largest absolute Gasteiger partial charge is 0.534 e. The minimum atomic E-state index is -5.93. The Hall–Kier alpha value is -2.22. The summed E-state index contributed by atoms with van der Waals surface area (Å²) < 4.78 is 78.8. The van der Waals surface area contributed by atoms with Crippen LogP contribution in [0.1, 0.15) is 52.7 Å². The van der Waals surface area contributed by atoms with Crippen LogP contribution in [0.15, 0.2) is 24.3 Å². The number of ether oxygens (including phenoxy) is 2. The minimum absolute atomic E-state index is 0.0942. The van der Waals surface area contributed by atoms with Crippen molar-refractivity contribution in [2.45, 2.75) is 70.6 Å². The molecule has 2 aromatic carbocycles. The quantitative estimate of drug-likeness (QED) is 0.122. The first-order valence-electron chi connectivity index (χ1n) is 11.3. The molecule has 0 aromatic heterocycles. The Bertz CT molecular complexity index is 1200. The van der Waals surface area contributed by atoms with Gasteiger partial charge in [0.1, 0.15) is 13.8 Å². The van der Waals surface area contributed by atoms with Gasteiger partial charge in [0.25, 0.3) is 0 Å². The van der Waals surface area contributed by atoms with E-state index in [1.807, 2.05) is 0 Å². The fraction of sp³-hybridized carbons (Fsp3) is 0.520. The van der Waals surface area contributed by atoms with Crippen LogP contribution < -0.4 is 8.92 Å². The Morgan fingerprint density at radius 1 is 1.03 bits per heavy atom. The Morgan fingerprint density at radius 3 is 2.09 bits per heavy atom. The van der Waals surface area contributed by atoms with Crippen molar-refractivity contribution in [1.82, 2.24) is 0 Å². The molecule has 0 fully saturated rings. The summed E-state index contributed by atoms with van der Waals surface area (Å²) in [4.78, 5) is 0. The standard InChI is InChI=1S/C25H33F3O5SSi/c1-16(2)35(17(3)4,18(5)6)13-12-20-10-9-11-21-14-22(32-15-31-8)19(7)24(23(20)21)33-34(29,30)25(26,27)28/h9-11,14,16-18H,15H2,1-8H3. The molecule has 0 bridgehead atoms. The highest BCUT2D eigenvalue weighted by Gasteiger charge is 2.49. The van der Waals surface area contributed by atoms with Gasteiger partial charge in [-0.25, -0.2) is 0 Å². The maximum absolute atomic E-state index is 13.2. The first kappa shape index (κ1) is 29.0. The summed E-state index contributed by atoms with van der Waals surface area (Å²) >= 11 is 0. The normalized spacial score (nSPS) is 12.9. The summed E-state index contributed by atoms with van der Waals surface area (Å²) in [6.45, 7) is 14.2. The van der Waals surface area contributed by atoms with E-state index in [0.717, 1.165) is 0 Å². The molecule has 0 atom stereocenters. The van der Waals surface area contributed by atoms with Gasteiger partial charge in [-0.1, -0.05) is 59.6 Å². The Morgan fingerprint density at radius 2 is 1.60 bits per heavy atom. The predicted octanol–water partition coefficient (Wildman–Crippen LogP) is 6.93. The molecule has 0 radical (unpaired) electrons. The summed E-state index contributed by atoms with van der Waals surface area (Å²) in [6, 6.07) is 6.63. The van der Waals surface area contributed by atoms with E-state index in [0.29, 0.717) is 27.6 Å². The first-order valence-corrected chi connectivity index (χ1v) is 15.0. The summed E-state index contributed by atoms with van der Waals surface area (Å²) in [5.74, 6) is 2.91. The summed E-state index contributed by atoms with van der Waals surface area (Å²) in [6.07, 6.45) is 0. The van der Waals surface area contributed by atoms with Crippen LogP contribution in [0.4, 0.5) is 13.2 Å². The Labute approximate surface area is 207 Å². The Kier molecular flexibility index (Phi) is 8.96. The number of benzene rings is 2. The zero-order valence-corrected chi connectivity index (χ0v) is 23.1. The van der Waals surface area contributed by atoms with Gasteiger partial charge in [0.15, 0.2) is 12.5 Å². The van der Waals surface area contributed by atoms with Crippen LogP contribution in [0.5, 0.6) is 11.5 Å². The molecule has 2 rings (SSSR count). The minimum Gasteiger partial charge on any atom is -0.467 e. The molecule has 0 aliphatic carbocycles. The van der Waals surface area contributed by atoms with Crippen LogP contribution in [-0.2, 0) is 14.9 Å². The van der Waals surface area contributed by atoms with Gasteiger partial charge in [0, 0.05) is 23.6 Å². The first-order chi connectivity index (χ1) is 16.1. The van der Waals surface area contributed by atoms with Crippen LogP contribution in [0.25, 0.3) is 10.8 Å². The second-order valence-electron chi connectivity index (χ2n) is 9.41. The highest BCUT2D eigenvalue weighted by Crippen LogP contribution is 2.43. The van der Waals surface area contributed by atoms with Gasteiger partial charge in [-0.2, -0.15) is 21.6 Å². The molecule has 0 unspecified atom stereocenters. The highest BCUT2D eigenvalue weighted by atomic mass is 32.2. The molecule has 2 aromatic rings. The van der Waals surface area contributed by atoms with Crippen LogP contribution in [0, 0.1) is 18.4 Å². The molecule has 0 aliphatic heterocycles. The van der Waals surface area contributed by atoms with E-state index in [-0.39, 0.29) is 23.5 Å². The van der Waals surface area contributed by atoms with E-state index < -0.39 is 29.4 Å². The van der Waals surface area contributed by atoms with Crippen molar-refractivity contribution in [3.8, 4) is 23.0 Å². The second-order valence-corrected chi connectivity index (χ2v) is 16.5. The summed E-state index contributed by atoms with van der Waals surface area (Å²) in [5.41, 5.74) is -0.555. The van der Waals surface area contributed by atoms with Gasteiger partial charge in [0.05, 0.1) is 0 Å². The van der Waals surface area contributed by atoms with E-state index in [4.69, 9.17) is 13.7 Å². The van der Waals surface area contributed by atoms with Gasteiger partial charge in [0.2, 0.25) is 0 Å². The number of alkyl halides is 3. The molecule has 0 amide bonds. The zero-order chi connectivity index (χ0) is 26.8. The lowest BCUT2D eigenvalue weighted by Gasteiger charge is -2.38. The number of fused-ring (bicyclic) bond motifs is 1. The van der Waals surface area contributed by atoms with Crippen molar-refractivity contribution < 1.29 is 35.2 Å². The summed E-state index contributed by atoms with van der Waals surface area (Å²) in [5, 5.41) is 0.626. The lowest BCUT2D eigenvalue weighted by molar-refractivity contribution is -0.0499. The number of hydrogen-bond donors (Lipinski definition) is 0. The molecule has 0 saturated heterocycles. The van der Waals surface area contributed by atoms with E-state index in [1.54, 1.807) is 24.3 Å². The maximum Gasteiger partial charge on any atom is 0.534 e. The lowest BCUT2D eigenvalue weighted by atomic mass is 10.0. The van der Waals surface area contributed by atoms with Crippen molar-refractivity contribution in [2.24, 2.45) is 0 Å². The van der Waals surface area contributed by atoms with Gasteiger partial charge in [-0.15, -0.1) is 5.54 Å². The molecule has 5 nitrogen and oxygen atoms in total. The fourth-order valence-corrected chi connectivity index (χ4v) is 10.5. The molecule has 0 spiro atoms. The van der Waals surface area contributed by atoms with Gasteiger partial charge in [-0.05, 0) is 41.1 Å². The van der Waals surface area contributed by atoms with Gasteiger partial charge in [-0.3, -0.25) is 0 Å². The van der Waals surface area contributed by atoms with E-state index >= 15 is 0 Å². The van der Waals surface area contributed by atoms with Crippen molar-refractivity contribution in [1.29, 1.82) is 0 Å². The van der Waals surface area contributed by atoms with Crippen molar-refractivity contribution in [3.63, 3.8) is 0 Å². The SMILES string of the molecule is COCOc1cc2cccc(C#C[Si](C(C)C)(C(C)C)C(C)C)c2c(OS(=O)(=O)C(F)(F)F)c1C.